The molecule has 5 rings (SSSR count). The quantitative estimate of drug-likeness (QED) is 0.261. The first-order chi connectivity index (χ1) is 17.7. The summed E-state index contributed by atoms with van der Waals surface area (Å²) in [7, 11) is 1.99. The van der Waals surface area contributed by atoms with E-state index in [1.54, 1.807) is 0 Å². The lowest BCUT2D eigenvalue weighted by Gasteiger charge is -2.20. The van der Waals surface area contributed by atoms with Crippen LogP contribution in [0.25, 0.3) is 23.1 Å². The molecular formula is C30H26N4O2. The molecule has 0 saturated carbocycles. The third-order valence-corrected chi connectivity index (χ3v) is 5.89. The molecule has 0 radical (unpaired) electrons. The smallest absolute Gasteiger partial charge is 0.411 e. The Hall–Kier alpha value is -4.84. The molecule has 1 heterocycles. The van der Waals surface area contributed by atoms with Gasteiger partial charge in [-0.15, -0.1) is 0 Å². The van der Waals surface area contributed by atoms with Crippen molar-refractivity contribution in [2.75, 3.05) is 17.3 Å². The molecule has 0 aliphatic rings. The van der Waals surface area contributed by atoms with Gasteiger partial charge in [-0.3, -0.25) is 10.4 Å². The Morgan fingerprint density at radius 3 is 2.44 bits per heavy atom. The maximum atomic E-state index is 12.3. The lowest BCUT2D eigenvalue weighted by Crippen LogP contribution is -2.14. The Bertz CT molecular complexity index is 1490. The van der Waals surface area contributed by atoms with Crippen molar-refractivity contribution in [1.29, 1.82) is 0 Å². The fourth-order valence-corrected chi connectivity index (χ4v) is 3.92. The third-order valence-electron chi connectivity index (χ3n) is 5.89. The molecule has 0 unspecified atom stereocenters. The number of H-pyrrole nitrogens is 1. The molecule has 0 saturated heterocycles. The van der Waals surface area contributed by atoms with E-state index >= 15 is 0 Å². The summed E-state index contributed by atoms with van der Waals surface area (Å²) < 4.78 is 5.34. The van der Waals surface area contributed by atoms with Crippen molar-refractivity contribution in [3.63, 3.8) is 0 Å². The Kier molecular flexibility index (Phi) is 6.76. The van der Waals surface area contributed by atoms with Gasteiger partial charge < -0.3 is 9.64 Å². The van der Waals surface area contributed by atoms with E-state index < -0.39 is 6.09 Å². The molecule has 0 fully saturated rings. The van der Waals surface area contributed by atoms with Gasteiger partial charge in [0, 0.05) is 29.5 Å². The van der Waals surface area contributed by atoms with Crippen LogP contribution >= 0.6 is 0 Å². The summed E-state index contributed by atoms with van der Waals surface area (Å²) in [4.78, 5) is 14.3. The molecule has 0 aliphatic carbocycles. The lowest BCUT2D eigenvalue weighted by molar-refractivity contribution is 0.155. The van der Waals surface area contributed by atoms with Gasteiger partial charge in [0.1, 0.15) is 6.61 Å². The second-order valence-electron chi connectivity index (χ2n) is 8.38. The van der Waals surface area contributed by atoms with E-state index in [1.165, 1.54) is 0 Å². The van der Waals surface area contributed by atoms with E-state index in [2.05, 4.69) is 56.8 Å². The highest BCUT2D eigenvalue weighted by Gasteiger charge is 2.10. The van der Waals surface area contributed by atoms with Crippen LogP contribution in [-0.2, 0) is 11.3 Å². The van der Waals surface area contributed by atoms with Crippen LogP contribution in [0.4, 0.5) is 21.9 Å². The van der Waals surface area contributed by atoms with E-state index in [0.29, 0.717) is 5.69 Å². The number of rotatable bonds is 7. The maximum absolute atomic E-state index is 12.3. The zero-order valence-corrected chi connectivity index (χ0v) is 19.9. The summed E-state index contributed by atoms with van der Waals surface area (Å²) in [6.07, 6.45) is 3.58. The highest BCUT2D eigenvalue weighted by Crippen LogP contribution is 2.29. The monoisotopic (exact) mass is 474 g/mol. The highest BCUT2D eigenvalue weighted by molar-refractivity contribution is 5.92. The molecule has 36 heavy (non-hydrogen) atoms. The number of aromatic nitrogens is 2. The first-order valence-electron chi connectivity index (χ1n) is 11.7. The number of carbonyl (C=O) groups excluding carboxylic acids is 1. The standard InChI is InChI=1S/C30H26N4O2/c1-34(25-14-8-13-24(19-25)31-30(35)36-21-23-11-6-3-7-12-23)26-16-17-27-28(32-33-29(27)20-26)18-15-22-9-4-2-5-10-22/h2-20H,21H2,1H3,(H,31,35)(H,32,33)/b18-15+. The Labute approximate surface area is 209 Å². The molecule has 5 aromatic rings. The maximum Gasteiger partial charge on any atom is 0.411 e. The number of anilines is 3. The fourth-order valence-electron chi connectivity index (χ4n) is 3.92. The predicted octanol–water partition coefficient (Wildman–Crippen LogP) is 7.25. The highest BCUT2D eigenvalue weighted by atomic mass is 16.5. The lowest BCUT2D eigenvalue weighted by atomic mass is 10.1. The van der Waals surface area contributed by atoms with E-state index in [0.717, 1.165) is 39.1 Å². The first-order valence-corrected chi connectivity index (χ1v) is 11.7. The van der Waals surface area contributed by atoms with Gasteiger partial charge in [-0.25, -0.2) is 4.79 Å². The minimum atomic E-state index is -0.492. The number of ether oxygens (including phenoxy) is 1. The molecule has 0 aliphatic heterocycles. The van der Waals surface area contributed by atoms with E-state index in [4.69, 9.17) is 4.74 Å². The average molecular weight is 475 g/mol. The molecule has 2 N–H and O–H groups in total. The molecule has 1 aromatic heterocycles. The van der Waals surface area contributed by atoms with Gasteiger partial charge in [-0.05, 0) is 53.6 Å². The molecule has 178 valence electrons. The molecule has 1 amide bonds. The average Bonchev–Trinajstić information content (AvgIpc) is 3.34. The zero-order valence-electron chi connectivity index (χ0n) is 19.9. The van der Waals surface area contributed by atoms with Crippen LogP contribution in [0.2, 0.25) is 0 Å². The van der Waals surface area contributed by atoms with Crippen LogP contribution in [0.3, 0.4) is 0 Å². The van der Waals surface area contributed by atoms with Crippen LogP contribution in [0, 0.1) is 0 Å². The van der Waals surface area contributed by atoms with E-state index in [-0.39, 0.29) is 6.61 Å². The number of benzene rings is 4. The Balaban J connectivity index is 1.27. The summed E-state index contributed by atoms with van der Waals surface area (Å²) in [5.41, 5.74) is 6.49. The number of hydrogen-bond donors (Lipinski definition) is 2. The van der Waals surface area contributed by atoms with Gasteiger partial charge in [0.25, 0.3) is 0 Å². The van der Waals surface area contributed by atoms with Crippen molar-refractivity contribution in [3.8, 4) is 0 Å². The Morgan fingerprint density at radius 1 is 0.889 bits per heavy atom. The van der Waals surface area contributed by atoms with Gasteiger partial charge in [0.05, 0.1) is 11.2 Å². The van der Waals surface area contributed by atoms with Crippen molar-refractivity contribution in [2.45, 2.75) is 6.61 Å². The molecule has 0 bridgehead atoms. The third kappa shape index (κ3) is 5.45. The van der Waals surface area contributed by atoms with Gasteiger partial charge in [0.15, 0.2) is 0 Å². The second kappa shape index (κ2) is 10.6. The van der Waals surface area contributed by atoms with Gasteiger partial charge in [0.2, 0.25) is 0 Å². The topological polar surface area (TPSA) is 70.2 Å². The van der Waals surface area contributed by atoms with Crippen molar-refractivity contribution in [1.82, 2.24) is 10.2 Å². The second-order valence-corrected chi connectivity index (χ2v) is 8.38. The number of hydrogen-bond acceptors (Lipinski definition) is 4. The summed E-state index contributed by atoms with van der Waals surface area (Å²) in [6.45, 7) is 0.221. The van der Waals surface area contributed by atoms with Crippen molar-refractivity contribution >= 4 is 46.2 Å². The van der Waals surface area contributed by atoms with Gasteiger partial charge in [-0.2, -0.15) is 5.10 Å². The van der Waals surface area contributed by atoms with Crippen LogP contribution < -0.4 is 10.2 Å². The minimum Gasteiger partial charge on any atom is -0.444 e. The summed E-state index contributed by atoms with van der Waals surface area (Å²) in [6, 6.07) is 33.6. The molecule has 0 spiro atoms. The van der Waals surface area contributed by atoms with Crippen LogP contribution in [0.1, 0.15) is 16.8 Å². The normalized spacial score (nSPS) is 11.0. The van der Waals surface area contributed by atoms with Gasteiger partial charge in [-0.1, -0.05) is 72.8 Å². The summed E-state index contributed by atoms with van der Waals surface area (Å²) >= 11 is 0. The number of aromatic amines is 1. The van der Waals surface area contributed by atoms with Gasteiger partial charge >= 0.3 is 6.09 Å². The largest absolute Gasteiger partial charge is 0.444 e. The first kappa shape index (κ1) is 22.9. The number of carbonyl (C=O) groups is 1. The van der Waals surface area contributed by atoms with Crippen molar-refractivity contribution in [2.24, 2.45) is 0 Å². The fraction of sp³-hybridized carbons (Fsp3) is 0.0667. The van der Waals surface area contributed by atoms with E-state index in [9.17, 15) is 4.79 Å². The van der Waals surface area contributed by atoms with E-state index in [1.807, 2.05) is 85.9 Å². The van der Waals surface area contributed by atoms with Crippen LogP contribution in [0.5, 0.6) is 0 Å². The van der Waals surface area contributed by atoms with Crippen molar-refractivity contribution < 1.29 is 9.53 Å². The SMILES string of the molecule is CN(c1cccc(NC(=O)OCc2ccccc2)c1)c1ccc2c(/C=C/c3ccccc3)n[nH]c2c1. The molecular weight excluding hydrogens is 448 g/mol. The predicted molar refractivity (Wildman–Crippen MR) is 146 cm³/mol. The number of nitrogens with one attached hydrogen (secondary N) is 2. The van der Waals surface area contributed by atoms with Crippen LogP contribution in [0.15, 0.2) is 103 Å². The number of amides is 1. The minimum absolute atomic E-state index is 0.221. The Morgan fingerprint density at radius 2 is 1.64 bits per heavy atom. The summed E-state index contributed by atoms with van der Waals surface area (Å²) in [5.74, 6) is 0. The molecule has 0 atom stereocenters. The molecule has 6 heteroatoms. The van der Waals surface area contributed by atoms with Crippen molar-refractivity contribution in [3.05, 3.63) is 120 Å². The summed E-state index contributed by atoms with van der Waals surface area (Å²) in [5, 5.41) is 11.5. The zero-order chi connectivity index (χ0) is 24.7. The molecule has 6 nitrogen and oxygen atoms in total. The number of nitrogens with zero attached hydrogens (tertiary/aromatic N) is 2. The van der Waals surface area contributed by atoms with Crippen LogP contribution in [-0.4, -0.2) is 23.3 Å². The molecule has 4 aromatic carbocycles. The number of fused-ring (bicyclic) bond motifs is 1.